The molecule has 1 aromatic heterocycles. The second kappa shape index (κ2) is 7.97. The van der Waals surface area contributed by atoms with E-state index in [4.69, 9.17) is 14.2 Å². The van der Waals surface area contributed by atoms with E-state index in [2.05, 4.69) is 4.98 Å². The Bertz CT molecular complexity index is 571. The molecule has 0 aliphatic heterocycles. The number of ether oxygens (including phenoxy) is 3. The average molecular weight is 309 g/mol. The van der Waals surface area contributed by atoms with Crippen LogP contribution in [0.3, 0.4) is 0 Å². The number of nitrogens with zero attached hydrogens (tertiary/aromatic N) is 1. The van der Waals surface area contributed by atoms with Crippen molar-refractivity contribution in [2.24, 2.45) is 0 Å². The van der Waals surface area contributed by atoms with Crippen LogP contribution < -0.4 is 9.47 Å². The first-order valence-corrected chi connectivity index (χ1v) is 7.42. The minimum absolute atomic E-state index is 0.00684. The first kappa shape index (κ1) is 15.8. The van der Waals surface area contributed by atoms with Crippen LogP contribution in [0.4, 0.5) is 0 Å². The molecule has 2 aromatic rings. The number of hydrogen-bond acceptors (Lipinski definition) is 6. The van der Waals surface area contributed by atoms with Gasteiger partial charge < -0.3 is 19.3 Å². The molecule has 21 heavy (non-hydrogen) atoms. The molecule has 0 fully saturated rings. The highest BCUT2D eigenvalue weighted by atomic mass is 32.1. The molecule has 5 nitrogen and oxygen atoms in total. The van der Waals surface area contributed by atoms with Crippen LogP contribution >= 0.6 is 11.3 Å². The highest BCUT2D eigenvalue weighted by molar-refractivity contribution is 7.11. The smallest absolute Gasteiger partial charge is 0.123 e. The summed E-state index contributed by atoms with van der Waals surface area (Å²) in [5.41, 5.74) is 0.807. The Morgan fingerprint density at radius 1 is 1.24 bits per heavy atom. The summed E-state index contributed by atoms with van der Waals surface area (Å²) in [5.74, 6) is 1.54. The predicted octanol–water partition coefficient (Wildman–Crippen LogP) is 2.41. The van der Waals surface area contributed by atoms with Crippen molar-refractivity contribution in [3.63, 3.8) is 0 Å². The van der Waals surface area contributed by atoms with E-state index in [0.29, 0.717) is 19.6 Å². The fourth-order valence-electron chi connectivity index (χ4n) is 1.86. The van der Waals surface area contributed by atoms with Gasteiger partial charge in [0, 0.05) is 19.6 Å². The number of benzene rings is 1. The minimum atomic E-state index is -0.00684. The van der Waals surface area contributed by atoms with Crippen molar-refractivity contribution in [2.75, 3.05) is 20.8 Å². The highest BCUT2D eigenvalue weighted by Crippen LogP contribution is 2.21. The summed E-state index contributed by atoms with van der Waals surface area (Å²) in [5, 5.41) is 10.2. The van der Waals surface area contributed by atoms with Crippen molar-refractivity contribution < 1.29 is 19.3 Å². The molecule has 114 valence electrons. The topological polar surface area (TPSA) is 60.8 Å². The molecular weight excluding hydrogens is 290 g/mol. The van der Waals surface area contributed by atoms with Gasteiger partial charge in [-0.25, -0.2) is 4.98 Å². The monoisotopic (exact) mass is 309 g/mol. The second-order valence-corrected chi connectivity index (χ2v) is 5.51. The van der Waals surface area contributed by atoms with E-state index in [1.54, 1.807) is 14.2 Å². The Labute approximate surface area is 128 Å². The summed E-state index contributed by atoms with van der Waals surface area (Å²) in [6.45, 7) is 0.939. The maximum absolute atomic E-state index is 9.29. The van der Waals surface area contributed by atoms with Crippen LogP contribution in [0.15, 0.2) is 24.3 Å². The summed E-state index contributed by atoms with van der Waals surface area (Å²) in [6, 6.07) is 7.49. The molecule has 6 heteroatoms. The van der Waals surface area contributed by atoms with Gasteiger partial charge in [-0.1, -0.05) is 6.07 Å². The molecule has 0 spiro atoms. The van der Waals surface area contributed by atoms with Crippen molar-refractivity contribution >= 4 is 11.3 Å². The van der Waals surface area contributed by atoms with Crippen molar-refractivity contribution in [3.05, 3.63) is 39.8 Å². The molecule has 1 heterocycles. The molecule has 1 aromatic carbocycles. The summed E-state index contributed by atoms with van der Waals surface area (Å²) in [4.78, 5) is 5.32. The molecule has 0 atom stereocenters. The molecule has 0 saturated carbocycles. The second-order valence-electron chi connectivity index (χ2n) is 4.35. The fourth-order valence-corrected chi connectivity index (χ4v) is 2.78. The molecule has 1 N–H and O–H groups in total. The molecular formula is C15H19NO4S. The number of aliphatic hydroxyl groups excluding tert-OH is 1. The van der Waals surface area contributed by atoms with E-state index in [-0.39, 0.29) is 6.61 Å². The predicted molar refractivity (Wildman–Crippen MR) is 80.9 cm³/mol. The Morgan fingerprint density at radius 3 is 2.76 bits per heavy atom. The molecule has 0 amide bonds. The fraction of sp³-hybridized carbons (Fsp3) is 0.400. The van der Waals surface area contributed by atoms with E-state index in [1.165, 1.54) is 11.3 Å². The van der Waals surface area contributed by atoms with Crippen molar-refractivity contribution in [2.45, 2.75) is 19.6 Å². The maximum Gasteiger partial charge on any atom is 0.123 e. The number of rotatable bonds is 8. The van der Waals surface area contributed by atoms with E-state index in [0.717, 1.165) is 27.1 Å². The third-order valence-corrected chi connectivity index (χ3v) is 4.02. The third kappa shape index (κ3) is 4.42. The molecule has 0 bridgehead atoms. The van der Waals surface area contributed by atoms with E-state index in [1.807, 2.05) is 24.3 Å². The molecule has 0 saturated heterocycles. The van der Waals surface area contributed by atoms with Crippen molar-refractivity contribution in [3.8, 4) is 11.5 Å². The minimum Gasteiger partial charge on any atom is -0.497 e. The first-order chi connectivity index (χ1) is 10.3. The Morgan fingerprint density at radius 2 is 2.05 bits per heavy atom. The Balaban J connectivity index is 1.90. The van der Waals surface area contributed by atoms with Gasteiger partial charge in [-0.15, -0.1) is 11.3 Å². The van der Waals surface area contributed by atoms with E-state index < -0.39 is 0 Å². The Hall–Kier alpha value is -1.63. The molecule has 0 aliphatic carbocycles. The maximum atomic E-state index is 9.29. The zero-order valence-electron chi connectivity index (χ0n) is 12.2. The van der Waals surface area contributed by atoms with Gasteiger partial charge in [0.15, 0.2) is 0 Å². The SMILES string of the molecule is COCc1nc(CCOc2cccc(OC)c2)sc1CO. The van der Waals surface area contributed by atoms with Gasteiger partial charge >= 0.3 is 0 Å². The Kier molecular flexibility index (Phi) is 5.98. The quantitative estimate of drug-likeness (QED) is 0.811. The number of aliphatic hydroxyl groups is 1. The van der Waals surface area contributed by atoms with Crippen LogP contribution in [0.2, 0.25) is 0 Å². The summed E-state index contributed by atoms with van der Waals surface area (Å²) in [6.07, 6.45) is 0.693. The van der Waals surface area contributed by atoms with Crippen LogP contribution in [0.5, 0.6) is 11.5 Å². The van der Waals surface area contributed by atoms with Gasteiger partial charge in [-0.2, -0.15) is 0 Å². The number of thiazole rings is 1. The van der Waals surface area contributed by atoms with Crippen LogP contribution in [0.25, 0.3) is 0 Å². The summed E-state index contributed by atoms with van der Waals surface area (Å²) >= 11 is 1.50. The lowest BCUT2D eigenvalue weighted by Gasteiger charge is -2.06. The third-order valence-electron chi connectivity index (χ3n) is 2.87. The highest BCUT2D eigenvalue weighted by Gasteiger charge is 2.10. The molecule has 0 aliphatic rings. The molecule has 0 unspecified atom stereocenters. The van der Waals surface area contributed by atoms with E-state index >= 15 is 0 Å². The van der Waals surface area contributed by atoms with Gasteiger partial charge in [-0.3, -0.25) is 0 Å². The lowest BCUT2D eigenvalue weighted by Crippen LogP contribution is -2.01. The standard InChI is InChI=1S/C15H19NO4S/c1-18-10-13-14(9-17)21-15(16-13)6-7-20-12-5-3-4-11(8-12)19-2/h3-5,8,17H,6-7,9-10H2,1-2H3. The first-order valence-electron chi connectivity index (χ1n) is 6.61. The largest absolute Gasteiger partial charge is 0.497 e. The van der Waals surface area contributed by atoms with E-state index in [9.17, 15) is 5.11 Å². The number of hydrogen-bond donors (Lipinski definition) is 1. The van der Waals surface area contributed by atoms with Gasteiger partial charge in [0.05, 0.1) is 42.5 Å². The van der Waals surface area contributed by atoms with Gasteiger partial charge in [0.2, 0.25) is 0 Å². The zero-order valence-corrected chi connectivity index (χ0v) is 13.0. The zero-order chi connectivity index (χ0) is 15.1. The van der Waals surface area contributed by atoms with Crippen LogP contribution in [0.1, 0.15) is 15.6 Å². The summed E-state index contributed by atoms with van der Waals surface area (Å²) < 4.78 is 15.9. The lowest BCUT2D eigenvalue weighted by molar-refractivity contribution is 0.178. The van der Waals surface area contributed by atoms with Crippen LogP contribution in [-0.4, -0.2) is 30.9 Å². The van der Waals surface area contributed by atoms with Crippen molar-refractivity contribution in [1.29, 1.82) is 0 Å². The molecule has 2 rings (SSSR count). The van der Waals surface area contributed by atoms with Crippen LogP contribution in [0, 0.1) is 0 Å². The summed E-state index contributed by atoms with van der Waals surface area (Å²) in [7, 11) is 3.24. The average Bonchev–Trinajstić information content (AvgIpc) is 2.90. The van der Waals surface area contributed by atoms with Gasteiger partial charge in [0.1, 0.15) is 11.5 Å². The number of methoxy groups -OCH3 is 2. The van der Waals surface area contributed by atoms with Gasteiger partial charge in [0.25, 0.3) is 0 Å². The normalized spacial score (nSPS) is 10.6. The van der Waals surface area contributed by atoms with Crippen LogP contribution in [-0.2, 0) is 24.4 Å². The van der Waals surface area contributed by atoms with Crippen molar-refractivity contribution in [1.82, 2.24) is 4.98 Å². The lowest BCUT2D eigenvalue weighted by atomic mass is 10.3. The molecule has 0 radical (unpaired) electrons. The van der Waals surface area contributed by atoms with Gasteiger partial charge in [-0.05, 0) is 12.1 Å². The number of aromatic nitrogens is 1.